The van der Waals surface area contributed by atoms with Crippen molar-refractivity contribution in [3.05, 3.63) is 41.5 Å². The number of hydrogen-bond donors (Lipinski definition) is 3. The van der Waals surface area contributed by atoms with Crippen molar-refractivity contribution in [3.8, 4) is 11.3 Å². The van der Waals surface area contributed by atoms with Crippen molar-refractivity contribution in [2.75, 3.05) is 25.4 Å². The van der Waals surface area contributed by atoms with Crippen LogP contribution in [0, 0.1) is 6.92 Å². The molecule has 4 N–H and O–H groups in total. The van der Waals surface area contributed by atoms with Crippen LogP contribution in [0.4, 0.5) is 36.6 Å². The summed E-state index contributed by atoms with van der Waals surface area (Å²) in [5.74, 6) is -1.24. The minimum atomic E-state index is -4.87. The Labute approximate surface area is 204 Å². The van der Waals surface area contributed by atoms with Crippen LogP contribution in [0.1, 0.15) is 21.6 Å². The molecule has 0 saturated carbocycles. The second-order valence-electron chi connectivity index (χ2n) is 8.58. The van der Waals surface area contributed by atoms with Gasteiger partial charge in [0, 0.05) is 31.4 Å². The summed E-state index contributed by atoms with van der Waals surface area (Å²) in [5.41, 5.74) is 4.12. The van der Waals surface area contributed by atoms with Gasteiger partial charge in [0.15, 0.2) is 11.9 Å². The summed E-state index contributed by atoms with van der Waals surface area (Å²) in [6, 6.07) is 0.840. The van der Waals surface area contributed by atoms with Crippen LogP contribution < -0.4 is 11.1 Å². The summed E-state index contributed by atoms with van der Waals surface area (Å²) in [5, 5.41) is 15.4. The molecule has 9 nitrogen and oxygen atoms in total. The number of carbonyl (C=O) groups excluding carboxylic acids is 1. The quantitative estimate of drug-likeness (QED) is 0.429. The van der Waals surface area contributed by atoms with Crippen LogP contribution in [-0.4, -0.2) is 79.6 Å². The molecule has 0 radical (unpaired) electrons. The lowest BCUT2D eigenvalue weighted by atomic mass is 10.1. The number of likely N-dealkylation sites (tertiary alicyclic amines) is 1. The van der Waals surface area contributed by atoms with Crippen LogP contribution in [0.2, 0.25) is 0 Å². The van der Waals surface area contributed by atoms with E-state index in [9.17, 15) is 40.6 Å². The first-order valence-corrected chi connectivity index (χ1v) is 10.7. The van der Waals surface area contributed by atoms with Gasteiger partial charge in [0.25, 0.3) is 5.91 Å². The van der Waals surface area contributed by atoms with Crippen LogP contribution in [-0.2, 0) is 6.18 Å². The van der Waals surface area contributed by atoms with Crippen molar-refractivity contribution in [2.24, 2.45) is 0 Å². The van der Waals surface area contributed by atoms with Crippen molar-refractivity contribution in [1.29, 1.82) is 0 Å². The predicted molar refractivity (Wildman–Crippen MR) is 115 cm³/mol. The smallest absolute Gasteiger partial charge is 0.382 e. The van der Waals surface area contributed by atoms with Gasteiger partial charge in [0.2, 0.25) is 0 Å². The van der Waals surface area contributed by atoms with Gasteiger partial charge in [-0.1, -0.05) is 0 Å². The molecule has 0 aromatic carbocycles. The molecule has 16 heteroatoms. The molecule has 1 aliphatic heterocycles. The van der Waals surface area contributed by atoms with E-state index in [0.29, 0.717) is 0 Å². The van der Waals surface area contributed by atoms with Crippen molar-refractivity contribution >= 4 is 17.2 Å². The number of alkyl halides is 7. The first kappa shape index (κ1) is 26.5. The van der Waals surface area contributed by atoms with Crippen LogP contribution in [0.5, 0.6) is 0 Å². The van der Waals surface area contributed by atoms with Gasteiger partial charge in [-0.25, -0.2) is 13.9 Å². The number of nitrogen functional groups attached to an aromatic ring is 1. The SMILES string of the molecule is Cc1ncc(-c2cc(C(F)(F)F)c3c(N)ncnn23)cc1C(=O)N[C@@H]1CN(C[C@@H](O)C(F)(F)F)C[C@@H]1F. The average Bonchev–Trinajstić information content (AvgIpc) is 3.34. The number of carbonyl (C=O) groups is 1. The molecule has 0 aliphatic carbocycles. The summed E-state index contributed by atoms with van der Waals surface area (Å²) in [7, 11) is 0. The Balaban J connectivity index is 1.60. The molecular formula is C21H20F7N7O2. The van der Waals surface area contributed by atoms with Gasteiger partial charge in [-0.15, -0.1) is 0 Å². The summed E-state index contributed by atoms with van der Waals surface area (Å²) < 4.78 is 94.1. The van der Waals surface area contributed by atoms with Gasteiger partial charge in [-0.3, -0.25) is 14.7 Å². The molecule has 4 heterocycles. The van der Waals surface area contributed by atoms with Gasteiger partial charge >= 0.3 is 12.4 Å². The van der Waals surface area contributed by atoms with E-state index >= 15 is 0 Å². The number of halogens is 7. The third-order valence-electron chi connectivity index (χ3n) is 5.96. The molecule has 1 fully saturated rings. The number of aliphatic hydroxyl groups excluding tert-OH is 1. The van der Waals surface area contributed by atoms with Crippen molar-refractivity contribution in [1.82, 2.24) is 29.8 Å². The molecule has 3 aromatic heterocycles. The Morgan fingerprint density at radius 3 is 2.57 bits per heavy atom. The topological polar surface area (TPSA) is 122 Å². The molecule has 200 valence electrons. The molecule has 0 bridgehead atoms. The standard InChI is InChI=1S/C21H20F7N7O2/c1-9-11(19(37)33-14-6-34(5-13(14)22)7-16(36)21(26,27)28)2-10(4-30-9)15-3-12(20(23,24)25)17-18(29)31-8-32-35(15)17/h2-4,8,13-14,16,36H,5-7H2,1H3,(H,33,37)(H2,29,31,32)/t13-,14+,16+/m0/s1. The number of aliphatic hydroxyl groups is 1. The highest BCUT2D eigenvalue weighted by Gasteiger charge is 2.42. The summed E-state index contributed by atoms with van der Waals surface area (Å²) in [6.45, 7) is -0.141. The number of hydrogen-bond acceptors (Lipinski definition) is 7. The minimum absolute atomic E-state index is 0.0671. The number of rotatable bonds is 5. The number of nitrogens with one attached hydrogen (secondary N) is 1. The first-order valence-electron chi connectivity index (χ1n) is 10.7. The molecule has 3 aromatic rings. The van der Waals surface area contributed by atoms with Crippen molar-refractivity contribution in [3.63, 3.8) is 0 Å². The third kappa shape index (κ3) is 5.29. The molecular weight excluding hydrogens is 515 g/mol. The molecule has 4 rings (SSSR count). The largest absolute Gasteiger partial charge is 0.418 e. The Hall–Kier alpha value is -3.53. The summed E-state index contributed by atoms with van der Waals surface area (Å²) in [4.78, 5) is 21.6. The lowest BCUT2D eigenvalue weighted by molar-refractivity contribution is -0.207. The van der Waals surface area contributed by atoms with Crippen LogP contribution in [0.3, 0.4) is 0 Å². The zero-order valence-corrected chi connectivity index (χ0v) is 19.0. The fourth-order valence-electron chi connectivity index (χ4n) is 4.11. The maximum absolute atomic E-state index is 14.5. The van der Waals surface area contributed by atoms with E-state index in [1.165, 1.54) is 19.2 Å². The Bertz CT molecular complexity index is 1330. The molecule has 0 spiro atoms. The third-order valence-corrected chi connectivity index (χ3v) is 5.96. The summed E-state index contributed by atoms with van der Waals surface area (Å²) in [6.07, 6.45) is -11.9. The fraction of sp³-hybridized carbons (Fsp3) is 0.429. The molecule has 1 aliphatic rings. The van der Waals surface area contributed by atoms with Gasteiger partial charge in [-0.05, 0) is 19.1 Å². The van der Waals surface area contributed by atoms with E-state index in [-0.39, 0.29) is 29.1 Å². The van der Waals surface area contributed by atoms with Gasteiger partial charge < -0.3 is 16.2 Å². The first-order chi connectivity index (χ1) is 17.2. The fourth-order valence-corrected chi connectivity index (χ4v) is 4.11. The molecule has 1 saturated heterocycles. The van der Waals surface area contributed by atoms with Gasteiger partial charge in [0.1, 0.15) is 18.0 Å². The Morgan fingerprint density at radius 2 is 1.92 bits per heavy atom. The number of nitrogens with two attached hydrogens (primary N) is 1. The zero-order chi connectivity index (χ0) is 27.3. The molecule has 1 amide bonds. The number of fused-ring (bicyclic) bond motifs is 1. The molecule has 37 heavy (non-hydrogen) atoms. The average molecular weight is 535 g/mol. The van der Waals surface area contributed by atoms with E-state index in [1.54, 1.807) is 0 Å². The summed E-state index contributed by atoms with van der Waals surface area (Å²) >= 11 is 0. The van der Waals surface area contributed by atoms with E-state index in [4.69, 9.17) is 5.73 Å². The predicted octanol–water partition coefficient (Wildman–Crippen LogP) is 2.38. The van der Waals surface area contributed by atoms with E-state index in [1.807, 2.05) is 0 Å². The highest BCUT2D eigenvalue weighted by molar-refractivity contribution is 5.96. The normalized spacial score (nSPS) is 19.9. The molecule has 3 atom stereocenters. The van der Waals surface area contributed by atoms with Gasteiger partial charge in [-0.2, -0.15) is 31.4 Å². The minimum Gasteiger partial charge on any atom is -0.382 e. The number of β-amino-alcohol motifs (C(OH)–C–C–N with tert-alkyl or cyclic N) is 1. The highest BCUT2D eigenvalue weighted by Crippen LogP contribution is 2.38. The number of pyridine rings is 1. The molecule has 0 unspecified atom stereocenters. The van der Waals surface area contributed by atoms with Crippen LogP contribution in [0.15, 0.2) is 24.7 Å². The van der Waals surface area contributed by atoms with Gasteiger partial charge in [0.05, 0.1) is 28.6 Å². The Kier molecular flexibility index (Phi) is 6.74. The highest BCUT2D eigenvalue weighted by atomic mass is 19.4. The number of aromatic nitrogens is 4. The second-order valence-corrected chi connectivity index (χ2v) is 8.58. The number of amides is 1. The maximum atomic E-state index is 14.5. The lowest BCUT2D eigenvalue weighted by Crippen LogP contribution is -2.43. The monoisotopic (exact) mass is 535 g/mol. The maximum Gasteiger partial charge on any atom is 0.418 e. The Morgan fingerprint density at radius 1 is 1.22 bits per heavy atom. The van der Waals surface area contributed by atoms with E-state index < -0.39 is 66.6 Å². The van der Waals surface area contributed by atoms with Crippen LogP contribution >= 0.6 is 0 Å². The second kappa shape index (κ2) is 9.41. The zero-order valence-electron chi connectivity index (χ0n) is 19.0. The number of aryl methyl sites for hydroxylation is 1. The van der Waals surface area contributed by atoms with E-state index in [0.717, 1.165) is 21.8 Å². The van der Waals surface area contributed by atoms with Crippen LogP contribution in [0.25, 0.3) is 16.8 Å². The lowest BCUT2D eigenvalue weighted by Gasteiger charge is -2.21. The number of nitrogens with zero attached hydrogens (tertiary/aromatic N) is 5. The van der Waals surface area contributed by atoms with Crippen molar-refractivity contribution < 1.29 is 40.6 Å². The number of anilines is 1. The van der Waals surface area contributed by atoms with E-state index in [2.05, 4.69) is 20.4 Å². The van der Waals surface area contributed by atoms with Crippen molar-refractivity contribution in [2.45, 2.75) is 37.6 Å².